The second-order valence-corrected chi connectivity index (χ2v) is 44.9. The molecule has 608 valence electrons. The molecule has 0 spiro atoms. The molecular weight excluding hydrogens is 1230 g/mol. The summed E-state index contributed by atoms with van der Waals surface area (Å²) in [4.78, 5) is 17.5. The molecule has 4 saturated carbocycles. The Kier molecular flexibility index (Phi) is 46.9. The van der Waals surface area contributed by atoms with E-state index in [2.05, 4.69) is 270 Å². The van der Waals surface area contributed by atoms with E-state index in [4.69, 9.17) is 0 Å². The number of nitrogens with zero attached hydrogens (tertiary/aromatic N) is 7. The minimum atomic E-state index is 0. The van der Waals surface area contributed by atoms with Crippen LogP contribution in [0.4, 0.5) is 0 Å². The third-order valence-corrected chi connectivity index (χ3v) is 25.9. The summed E-state index contributed by atoms with van der Waals surface area (Å²) in [7, 11) is 8.89. The minimum Gasteiger partial charge on any atom is -0.306 e. The summed E-state index contributed by atoms with van der Waals surface area (Å²) in [5.41, 5.74) is 4.95. The van der Waals surface area contributed by atoms with E-state index < -0.39 is 0 Å². The number of likely N-dealkylation sites (N-methyl/N-ethyl adjacent to an activating group) is 1. The summed E-state index contributed by atoms with van der Waals surface area (Å²) in [6, 6.07) is 1.62. The maximum atomic E-state index is 2.58. The Bertz CT molecular complexity index is 1750. The van der Waals surface area contributed by atoms with Gasteiger partial charge in [-0.3, -0.25) is 14.7 Å². The van der Waals surface area contributed by atoms with E-state index in [0.29, 0.717) is 54.5 Å². The molecule has 0 unspecified atom stereocenters. The van der Waals surface area contributed by atoms with Crippen LogP contribution in [0, 0.1) is 67.5 Å². The Morgan fingerprint density at radius 2 is 0.376 bits per heavy atom. The van der Waals surface area contributed by atoms with Crippen LogP contribution in [0.25, 0.3) is 0 Å². The van der Waals surface area contributed by atoms with Crippen LogP contribution in [-0.4, -0.2) is 170 Å². The molecule has 6 aliphatic heterocycles. The number of hydrogen-bond donors (Lipinski definition) is 0. The highest BCUT2D eigenvalue weighted by atomic mass is 15.3. The van der Waals surface area contributed by atoms with E-state index in [1.54, 1.807) is 0 Å². The van der Waals surface area contributed by atoms with Gasteiger partial charge in [-0.1, -0.05) is 230 Å². The van der Waals surface area contributed by atoms with Gasteiger partial charge in [-0.2, -0.15) is 0 Å². The van der Waals surface area contributed by atoms with Crippen LogP contribution in [0.15, 0.2) is 0 Å². The Hall–Kier alpha value is -0.280. The van der Waals surface area contributed by atoms with Gasteiger partial charge >= 0.3 is 0 Å². The fourth-order valence-corrected chi connectivity index (χ4v) is 18.0. The van der Waals surface area contributed by atoms with Crippen molar-refractivity contribution >= 4 is 0 Å². The van der Waals surface area contributed by atoms with Crippen molar-refractivity contribution in [3.05, 3.63) is 0 Å². The highest BCUT2D eigenvalue weighted by Gasteiger charge is 2.35. The zero-order valence-corrected chi connectivity index (χ0v) is 75.9. The highest BCUT2D eigenvalue weighted by Crippen LogP contribution is 2.42. The van der Waals surface area contributed by atoms with Crippen molar-refractivity contribution in [2.24, 2.45) is 67.5 Å². The molecule has 0 radical (unpaired) electrons. The molecule has 0 aromatic rings. The van der Waals surface area contributed by atoms with E-state index in [0.717, 1.165) is 41.7 Å². The van der Waals surface area contributed by atoms with Crippen LogP contribution in [0.2, 0.25) is 0 Å². The van der Waals surface area contributed by atoms with Crippen molar-refractivity contribution in [1.82, 2.24) is 34.3 Å². The lowest BCUT2D eigenvalue weighted by Gasteiger charge is -2.41. The normalized spacial score (nSPS) is 24.3. The van der Waals surface area contributed by atoms with Crippen LogP contribution in [0.1, 0.15) is 408 Å². The van der Waals surface area contributed by atoms with Gasteiger partial charge < -0.3 is 19.6 Å². The van der Waals surface area contributed by atoms with Gasteiger partial charge in [-0.05, 0) is 326 Å². The third-order valence-electron chi connectivity index (χ3n) is 25.9. The Labute approximate surface area is 641 Å². The van der Waals surface area contributed by atoms with Crippen LogP contribution < -0.4 is 0 Å². The molecule has 6 saturated heterocycles. The highest BCUT2D eigenvalue weighted by molar-refractivity contribution is 4.89. The van der Waals surface area contributed by atoms with Crippen LogP contribution >= 0.6 is 0 Å². The van der Waals surface area contributed by atoms with E-state index >= 15 is 0 Å². The smallest absolute Gasteiger partial charge is 0.0141 e. The molecule has 0 aromatic carbocycles. The molecule has 7 heteroatoms. The molecule has 0 aromatic heterocycles. The monoisotopic (exact) mass is 1420 g/mol. The molecule has 0 amide bonds. The maximum absolute atomic E-state index is 2.58. The molecule has 2 atom stereocenters. The summed E-state index contributed by atoms with van der Waals surface area (Å²) < 4.78 is 0. The lowest BCUT2D eigenvalue weighted by Crippen LogP contribution is -2.52. The van der Waals surface area contributed by atoms with Crippen molar-refractivity contribution in [3.63, 3.8) is 0 Å². The second-order valence-electron chi connectivity index (χ2n) is 44.9. The zero-order valence-electron chi connectivity index (χ0n) is 75.9. The molecule has 6 heterocycles. The molecule has 10 rings (SSSR count). The fourth-order valence-electron chi connectivity index (χ4n) is 18.0. The SMILES string of the molecule is C.CC(C)(C)C1CCCC1.CC(C)(C)C1CCCC1.CC(C)(C)C1CCCCC1.CC(C)(C)C1CCCCC1.CC(C)(C)N1CCCCC1.CC(C)(C)N1CCCCC1.CN1CCC(C(C)(C)C)CC1.CN1CCC[C@@H]1C(C)(C)C.CN1CCC[C@H]1C(C)(C)C.CN1CCN(C(C)(C)C)CC1. The number of piperazine rings is 1. The predicted molar refractivity (Wildman–Crippen MR) is 461 cm³/mol. The first-order chi connectivity index (χ1) is 45.7. The van der Waals surface area contributed by atoms with Gasteiger partial charge in [0.1, 0.15) is 0 Å². The van der Waals surface area contributed by atoms with Crippen LogP contribution in [0.5, 0.6) is 0 Å². The van der Waals surface area contributed by atoms with E-state index in [1.807, 2.05) is 0 Å². The summed E-state index contributed by atoms with van der Waals surface area (Å²) >= 11 is 0. The Balaban J connectivity index is 0.00000110. The van der Waals surface area contributed by atoms with Gasteiger partial charge in [-0.15, -0.1) is 0 Å². The lowest BCUT2D eigenvalue weighted by atomic mass is 9.72. The van der Waals surface area contributed by atoms with E-state index in [9.17, 15) is 0 Å². The van der Waals surface area contributed by atoms with Gasteiger partial charge in [0.2, 0.25) is 0 Å². The average molecular weight is 1430 g/mol. The van der Waals surface area contributed by atoms with E-state index in [1.165, 1.54) is 271 Å². The van der Waals surface area contributed by atoms with Gasteiger partial charge in [0.25, 0.3) is 0 Å². The molecule has 10 aliphatic rings. The largest absolute Gasteiger partial charge is 0.306 e. The van der Waals surface area contributed by atoms with Crippen molar-refractivity contribution in [2.45, 2.75) is 436 Å². The summed E-state index contributed by atoms with van der Waals surface area (Å²) in [6.45, 7) is 85.5. The zero-order chi connectivity index (χ0) is 76.8. The molecular formula is C94H197N7. The van der Waals surface area contributed by atoms with Gasteiger partial charge in [0.05, 0.1) is 0 Å². The van der Waals surface area contributed by atoms with Crippen molar-refractivity contribution in [2.75, 3.05) is 107 Å². The molecule has 4 aliphatic carbocycles. The minimum absolute atomic E-state index is 0. The Morgan fingerprint density at radius 3 is 0.545 bits per heavy atom. The summed E-state index contributed by atoms with van der Waals surface area (Å²) in [6.07, 6.45) is 43.4. The number of likely N-dealkylation sites (tertiary alicyclic amines) is 5. The molecule has 101 heavy (non-hydrogen) atoms. The van der Waals surface area contributed by atoms with Crippen LogP contribution in [-0.2, 0) is 0 Å². The number of hydrogen-bond acceptors (Lipinski definition) is 7. The summed E-state index contributed by atoms with van der Waals surface area (Å²) in [5, 5.41) is 0. The Morgan fingerprint density at radius 1 is 0.178 bits per heavy atom. The predicted octanol–water partition coefficient (Wildman–Crippen LogP) is 26.5. The first kappa shape index (κ1) is 101. The molecule has 0 N–H and O–H groups in total. The maximum Gasteiger partial charge on any atom is 0.0141 e. The first-order valence-corrected chi connectivity index (χ1v) is 43.7. The molecule has 7 nitrogen and oxygen atoms in total. The summed E-state index contributed by atoms with van der Waals surface area (Å²) in [5.74, 6) is 4.97. The van der Waals surface area contributed by atoms with Crippen molar-refractivity contribution in [1.29, 1.82) is 0 Å². The van der Waals surface area contributed by atoms with Gasteiger partial charge in [0, 0.05) is 54.9 Å². The molecule has 0 bridgehead atoms. The quantitative estimate of drug-likeness (QED) is 0.238. The van der Waals surface area contributed by atoms with Gasteiger partial charge in [-0.25, -0.2) is 0 Å². The molecule has 10 fully saturated rings. The van der Waals surface area contributed by atoms with Gasteiger partial charge in [0.15, 0.2) is 0 Å². The first-order valence-electron chi connectivity index (χ1n) is 43.7. The van der Waals surface area contributed by atoms with Crippen molar-refractivity contribution in [3.8, 4) is 0 Å². The topological polar surface area (TPSA) is 22.7 Å². The average Bonchev–Trinajstić information content (AvgIpc) is 1.63. The van der Waals surface area contributed by atoms with E-state index in [-0.39, 0.29) is 7.43 Å². The third kappa shape index (κ3) is 44.8. The fraction of sp³-hybridized carbons (Fsp3) is 1.00. The number of rotatable bonds is 0. The second kappa shape index (κ2) is 47.0. The standard InChI is InChI=1S/C10H21N.2C10H20.C9H20N2.4C9H19N.2C9H18.CH4/c1-10(2,3)9-5-7-11(4)8-6-9;2*1-10(2,3)9-7-5-4-6-8-9;1-9(2,3)11-7-5-10(4)6-8-11;2*1-9(2,3)8-6-5-7-10(8)4;2*1-9(2,3)10-7-5-4-6-8-10;2*1-9(2,3)8-6-4-5-7-8;/h9H,5-8H2,1-4H3;2*9H,4-8H2,1-3H3;5-8H2,1-4H3;2*8H,5-7H2,1-4H3;2*4-8H2,1-3H3;2*8H,4-7H2,1-3H3;1H4/t;;;;2*8-;;;;;/m....10...../s1. The number of piperidine rings is 3. The van der Waals surface area contributed by atoms with Crippen LogP contribution in [0.3, 0.4) is 0 Å². The van der Waals surface area contributed by atoms with Crippen molar-refractivity contribution < 1.29 is 0 Å². The lowest BCUT2D eigenvalue weighted by molar-refractivity contribution is 0.0735.